The third-order valence-electron chi connectivity index (χ3n) is 3.97. The molecule has 2 unspecified atom stereocenters. The first kappa shape index (κ1) is 14.2. The fourth-order valence-corrected chi connectivity index (χ4v) is 2.96. The van der Waals surface area contributed by atoms with Crippen molar-refractivity contribution in [3.05, 3.63) is 17.5 Å². The zero-order valence-corrected chi connectivity index (χ0v) is 12.7. The van der Waals surface area contributed by atoms with Crippen LogP contribution >= 0.6 is 12.2 Å². The fraction of sp³-hybridized carbons (Fsp3) is 0.643. The Labute approximate surface area is 120 Å². The number of thiocarbonyl (C=S) groups is 1. The van der Waals surface area contributed by atoms with E-state index in [1.165, 1.54) is 25.7 Å². The van der Waals surface area contributed by atoms with E-state index in [-0.39, 0.29) is 0 Å². The largest absolute Gasteiger partial charge is 0.388 e. The second-order valence-electron chi connectivity index (χ2n) is 5.50. The van der Waals surface area contributed by atoms with Gasteiger partial charge in [0.2, 0.25) is 5.95 Å². The summed E-state index contributed by atoms with van der Waals surface area (Å²) in [6.45, 7) is 4.26. The van der Waals surface area contributed by atoms with Crippen molar-refractivity contribution in [1.29, 1.82) is 0 Å². The minimum absolute atomic E-state index is 0.330. The number of nitrogens with two attached hydrogens (primary N) is 1. The summed E-state index contributed by atoms with van der Waals surface area (Å²) in [4.78, 5) is 11.5. The maximum atomic E-state index is 5.68. The Morgan fingerprint density at radius 2 is 2.05 bits per heavy atom. The van der Waals surface area contributed by atoms with Crippen LogP contribution in [0.1, 0.15) is 44.0 Å². The lowest BCUT2D eigenvalue weighted by molar-refractivity contribution is 0.319. The summed E-state index contributed by atoms with van der Waals surface area (Å²) >= 11 is 5.02. The zero-order chi connectivity index (χ0) is 14.0. The average molecular weight is 278 g/mol. The monoisotopic (exact) mass is 278 g/mol. The summed E-state index contributed by atoms with van der Waals surface area (Å²) in [6, 6.07) is 2.35. The number of hydrogen-bond acceptors (Lipinski definition) is 4. The maximum Gasteiger partial charge on any atom is 0.226 e. The predicted molar refractivity (Wildman–Crippen MR) is 82.5 cm³/mol. The number of nitrogens with zero attached hydrogens (tertiary/aromatic N) is 3. The van der Waals surface area contributed by atoms with E-state index in [4.69, 9.17) is 18.0 Å². The molecule has 2 atom stereocenters. The van der Waals surface area contributed by atoms with Gasteiger partial charge in [-0.15, -0.1) is 0 Å². The van der Waals surface area contributed by atoms with Crippen molar-refractivity contribution in [2.45, 2.75) is 45.6 Å². The highest BCUT2D eigenvalue weighted by Gasteiger charge is 2.26. The van der Waals surface area contributed by atoms with Gasteiger partial charge in [-0.25, -0.2) is 9.97 Å². The molecule has 1 aromatic rings. The summed E-state index contributed by atoms with van der Waals surface area (Å²) < 4.78 is 0. The molecule has 0 amide bonds. The summed E-state index contributed by atoms with van der Waals surface area (Å²) in [5.74, 6) is 1.41. The van der Waals surface area contributed by atoms with Crippen LogP contribution in [0, 0.1) is 12.8 Å². The van der Waals surface area contributed by atoms with E-state index in [0.717, 1.165) is 11.6 Å². The molecule has 0 spiro atoms. The minimum Gasteiger partial charge on any atom is -0.388 e. The SMILES string of the molecule is Cc1cc(C(N)=S)nc(N(C)C2CCCCC2C)n1. The molecule has 2 rings (SSSR count). The van der Waals surface area contributed by atoms with E-state index in [1.807, 2.05) is 13.0 Å². The van der Waals surface area contributed by atoms with E-state index < -0.39 is 0 Å². The molecule has 104 valence electrons. The highest BCUT2D eigenvalue weighted by molar-refractivity contribution is 7.80. The molecule has 5 heteroatoms. The second-order valence-corrected chi connectivity index (χ2v) is 5.94. The molecule has 1 heterocycles. The molecule has 1 aromatic heterocycles. The minimum atomic E-state index is 0.330. The van der Waals surface area contributed by atoms with Gasteiger partial charge in [-0.3, -0.25) is 0 Å². The van der Waals surface area contributed by atoms with Gasteiger partial charge in [0.25, 0.3) is 0 Å². The summed E-state index contributed by atoms with van der Waals surface area (Å²) in [7, 11) is 2.07. The van der Waals surface area contributed by atoms with Crippen molar-refractivity contribution in [2.24, 2.45) is 11.7 Å². The van der Waals surface area contributed by atoms with Crippen LogP contribution in [-0.4, -0.2) is 28.0 Å². The predicted octanol–water partition coefficient (Wildman–Crippen LogP) is 2.43. The Morgan fingerprint density at radius 1 is 1.37 bits per heavy atom. The van der Waals surface area contributed by atoms with Gasteiger partial charge in [0.15, 0.2) is 0 Å². The van der Waals surface area contributed by atoms with Gasteiger partial charge >= 0.3 is 0 Å². The molecule has 1 aliphatic carbocycles. The normalized spacial score (nSPS) is 23.1. The van der Waals surface area contributed by atoms with Crippen LogP contribution in [0.25, 0.3) is 0 Å². The molecule has 1 fully saturated rings. The number of hydrogen-bond donors (Lipinski definition) is 1. The molecular weight excluding hydrogens is 256 g/mol. The third-order valence-corrected chi connectivity index (χ3v) is 4.18. The molecule has 0 aromatic carbocycles. The smallest absolute Gasteiger partial charge is 0.226 e. The third kappa shape index (κ3) is 3.21. The molecule has 4 nitrogen and oxygen atoms in total. The first-order chi connectivity index (χ1) is 8.99. The van der Waals surface area contributed by atoms with Crippen molar-refractivity contribution in [2.75, 3.05) is 11.9 Å². The van der Waals surface area contributed by atoms with Gasteiger partial charge in [-0.1, -0.05) is 32.0 Å². The van der Waals surface area contributed by atoms with Crippen LogP contribution < -0.4 is 10.6 Å². The van der Waals surface area contributed by atoms with Gasteiger partial charge in [0, 0.05) is 18.8 Å². The number of aromatic nitrogens is 2. The van der Waals surface area contributed by atoms with Gasteiger partial charge in [-0.05, 0) is 31.7 Å². The van der Waals surface area contributed by atoms with E-state index in [9.17, 15) is 0 Å². The summed E-state index contributed by atoms with van der Waals surface area (Å²) in [6.07, 6.45) is 5.10. The zero-order valence-electron chi connectivity index (χ0n) is 11.9. The fourth-order valence-electron chi connectivity index (χ4n) is 2.86. The second kappa shape index (κ2) is 5.82. The summed E-state index contributed by atoms with van der Waals surface area (Å²) in [5.41, 5.74) is 7.25. The topological polar surface area (TPSA) is 55.0 Å². The van der Waals surface area contributed by atoms with Crippen molar-refractivity contribution < 1.29 is 0 Å². The van der Waals surface area contributed by atoms with Crippen LogP contribution in [0.5, 0.6) is 0 Å². The standard InChI is InChI=1S/C14H22N4S/c1-9-6-4-5-7-12(9)18(3)14-16-10(2)8-11(17-14)13(15)19/h8-9,12H,4-7H2,1-3H3,(H2,15,19). The average Bonchev–Trinajstić information content (AvgIpc) is 2.37. The van der Waals surface area contributed by atoms with Crippen LogP contribution in [0.15, 0.2) is 6.07 Å². The number of anilines is 1. The van der Waals surface area contributed by atoms with E-state index in [0.29, 0.717) is 22.6 Å². The molecule has 0 bridgehead atoms. The lowest BCUT2D eigenvalue weighted by atomic mass is 9.85. The van der Waals surface area contributed by atoms with Gasteiger partial charge in [-0.2, -0.15) is 0 Å². The Kier molecular flexibility index (Phi) is 4.34. The van der Waals surface area contributed by atoms with E-state index >= 15 is 0 Å². The van der Waals surface area contributed by atoms with Crippen molar-refractivity contribution in [1.82, 2.24) is 9.97 Å². The Morgan fingerprint density at radius 3 is 2.68 bits per heavy atom. The summed E-state index contributed by atoms with van der Waals surface area (Å²) in [5, 5.41) is 0. The quantitative estimate of drug-likeness (QED) is 0.861. The molecule has 0 saturated heterocycles. The highest BCUT2D eigenvalue weighted by Crippen LogP contribution is 2.29. The highest BCUT2D eigenvalue weighted by atomic mass is 32.1. The Balaban J connectivity index is 2.27. The van der Waals surface area contributed by atoms with Crippen LogP contribution in [0.4, 0.5) is 5.95 Å². The first-order valence-electron chi connectivity index (χ1n) is 6.87. The first-order valence-corrected chi connectivity index (χ1v) is 7.28. The number of rotatable bonds is 3. The van der Waals surface area contributed by atoms with Crippen LogP contribution in [0.2, 0.25) is 0 Å². The van der Waals surface area contributed by atoms with Crippen molar-refractivity contribution >= 4 is 23.2 Å². The molecule has 0 radical (unpaired) electrons. The maximum absolute atomic E-state index is 5.68. The number of aryl methyl sites for hydroxylation is 1. The van der Waals surface area contributed by atoms with E-state index in [1.54, 1.807) is 0 Å². The van der Waals surface area contributed by atoms with Gasteiger partial charge < -0.3 is 10.6 Å². The van der Waals surface area contributed by atoms with Crippen molar-refractivity contribution in [3.8, 4) is 0 Å². The lowest BCUT2D eigenvalue weighted by Gasteiger charge is -2.36. The molecule has 1 saturated carbocycles. The molecule has 1 aliphatic rings. The Bertz CT molecular complexity index is 475. The Hall–Kier alpha value is -1.23. The van der Waals surface area contributed by atoms with Crippen LogP contribution in [-0.2, 0) is 0 Å². The van der Waals surface area contributed by atoms with Crippen LogP contribution in [0.3, 0.4) is 0 Å². The van der Waals surface area contributed by atoms with Crippen molar-refractivity contribution in [3.63, 3.8) is 0 Å². The van der Waals surface area contributed by atoms with E-state index in [2.05, 4.69) is 28.8 Å². The molecular formula is C14H22N4S. The molecule has 19 heavy (non-hydrogen) atoms. The molecule has 2 N–H and O–H groups in total. The van der Waals surface area contributed by atoms with Gasteiger partial charge in [0.05, 0.1) is 0 Å². The molecule has 0 aliphatic heterocycles. The van der Waals surface area contributed by atoms with Gasteiger partial charge in [0.1, 0.15) is 10.7 Å². The lowest BCUT2D eigenvalue weighted by Crippen LogP contribution is -2.40.